The van der Waals surface area contributed by atoms with Crippen molar-refractivity contribution in [2.24, 2.45) is 7.05 Å². The summed E-state index contributed by atoms with van der Waals surface area (Å²) in [6.45, 7) is 7.41. The fraction of sp³-hybridized carbons (Fsp3) is 0.636. The second kappa shape index (κ2) is 4.04. The van der Waals surface area contributed by atoms with E-state index in [0.29, 0.717) is 0 Å². The zero-order chi connectivity index (χ0) is 11.6. The van der Waals surface area contributed by atoms with Crippen LogP contribution >= 0.6 is 0 Å². The van der Waals surface area contributed by atoms with Crippen molar-refractivity contribution in [2.75, 3.05) is 0 Å². The van der Waals surface area contributed by atoms with Gasteiger partial charge in [-0.1, -0.05) is 0 Å². The van der Waals surface area contributed by atoms with Crippen LogP contribution in [0.2, 0.25) is 0 Å². The molecular formula is C11H18N2O2. The van der Waals surface area contributed by atoms with Crippen LogP contribution in [0.1, 0.15) is 39.3 Å². The van der Waals surface area contributed by atoms with Gasteiger partial charge in [-0.3, -0.25) is 9.48 Å². The highest BCUT2D eigenvalue weighted by Crippen LogP contribution is 2.19. The Morgan fingerprint density at radius 2 is 2.13 bits per heavy atom. The lowest BCUT2D eigenvalue weighted by Gasteiger charge is -2.22. The van der Waals surface area contributed by atoms with E-state index >= 15 is 0 Å². The Balaban J connectivity index is 2.74. The highest BCUT2D eigenvalue weighted by molar-refractivity contribution is 5.77. The van der Waals surface area contributed by atoms with Crippen molar-refractivity contribution < 1.29 is 9.53 Å². The molecular weight excluding hydrogens is 192 g/mol. The monoisotopic (exact) mass is 210 g/mol. The first kappa shape index (κ1) is 11.8. The Bertz CT molecular complexity index is 350. The van der Waals surface area contributed by atoms with Crippen molar-refractivity contribution in [3.8, 4) is 0 Å². The third kappa shape index (κ3) is 3.08. The Labute approximate surface area is 90.2 Å². The van der Waals surface area contributed by atoms with Gasteiger partial charge in [0.1, 0.15) is 5.60 Å². The van der Waals surface area contributed by atoms with Crippen molar-refractivity contribution >= 4 is 5.97 Å². The summed E-state index contributed by atoms with van der Waals surface area (Å²) in [6, 6.07) is 1.83. The molecule has 1 heterocycles. The first-order valence-corrected chi connectivity index (χ1v) is 5.02. The molecule has 0 fully saturated rings. The predicted molar refractivity (Wildman–Crippen MR) is 57.5 cm³/mol. The van der Waals surface area contributed by atoms with Gasteiger partial charge in [0.25, 0.3) is 0 Å². The van der Waals surface area contributed by atoms with Crippen molar-refractivity contribution in [2.45, 2.75) is 39.2 Å². The van der Waals surface area contributed by atoms with E-state index in [4.69, 9.17) is 4.74 Å². The third-order valence-corrected chi connectivity index (χ3v) is 2.06. The van der Waals surface area contributed by atoms with E-state index in [2.05, 4.69) is 5.10 Å². The van der Waals surface area contributed by atoms with Gasteiger partial charge in [-0.05, 0) is 33.8 Å². The fourth-order valence-corrected chi connectivity index (χ4v) is 1.32. The number of aromatic nitrogens is 2. The van der Waals surface area contributed by atoms with Crippen LogP contribution in [0, 0.1) is 0 Å². The van der Waals surface area contributed by atoms with Gasteiger partial charge in [-0.2, -0.15) is 5.10 Å². The van der Waals surface area contributed by atoms with Crippen LogP contribution in [-0.2, 0) is 16.6 Å². The summed E-state index contributed by atoms with van der Waals surface area (Å²) < 4.78 is 6.99. The molecule has 0 radical (unpaired) electrons. The molecule has 0 amide bonds. The molecule has 1 aromatic rings. The summed E-state index contributed by atoms with van der Waals surface area (Å²) in [5, 5.41) is 4.03. The van der Waals surface area contributed by atoms with E-state index < -0.39 is 5.60 Å². The maximum absolute atomic E-state index is 11.7. The summed E-state index contributed by atoms with van der Waals surface area (Å²) in [5.41, 5.74) is 0.425. The Hall–Kier alpha value is -1.32. The van der Waals surface area contributed by atoms with E-state index in [-0.39, 0.29) is 11.9 Å². The molecule has 4 heteroatoms. The summed E-state index contributed by atoms with van der Waals surface area (Å²) in [4.78, 5) is 11.7. The van der Waals surface area contributed by atoms with E-state index in [1.165, 1.54) is 0 Å². The van der Waals surface area contributed by atoms with Gasteiger partial charge in [0.2, 0.25) is 0 Å². The number of nitrogens with zero attached hydrogens (tertiary/aromatic N) is 2. The van der Waals surface area contributed by atoms with Crippen LogP contribution in [0.3, 0.4) is 0 Å². The molecule has 0 aliphatic rings. The van der Waals surface area contributed by atoms with Crippen LogP contribution in [0.25, 0.3) is 0 Å². The second-order valence-corrected chi connectivity index (χ2v) is 4.63. The maximum atomic E-state index is 11.7. The van der Waals surface area contributed by atoms with Crippen LogP contribution in [0.15, 0.2) is 12.3 Å². The summed E-state index contributed by atoms with van der Waals surface area (Å²) >= 11 is 0. The number of hydrogen-bond donors (Lipinski definition) is 0. The molecule has 4 nitrogen and oxygen atoms in total. The second-order valence-electron chi connectivity index (χ2n) is 4.63. The molecule has 0 saturated heterocycles. The molecule has 15 heavy (non-hydrogen) atoms. The van der Waals surface area contributed by atoms with Gasteiger partial charge < -0.3 is 4.74 Å². The lowest BCUT2D eigenvalue weighted by atomic mass is 10.1. The van der Waals surface area contributed by atoms with Gasteiger partial charge in [0.05, 0.1) is 11.6 Å². The van der Waals surface area contributed by atoms with Gasteiger partial charge in [0.15, 0.2) is 0 Å². The molecule has 0 spiro atoms. The average Bonchev–Trinajstić information content (AvgIpc) is 2.47. The summed E-state index contributed by atoms with van der Waals surface area (Å²) in [7, 11) is 1.82. The van der Waals surface area contributed by atoms with Crippen molar-refractivity contribution in [1.29, 1.82) is 0 Å². The highest BCUT2D eigenvalue weighted by atomic mass is 16.6. The number of esters is 1. The summed E-state index contributed by atoms with van der Waals surface area (Å²) in [6.07, 6.45) is 1.68. The van der Waals surface area contributed by atoms with Crippen LogP contribution in [-0.4, -0.2) is 21.4 Å². The SMILES string of the molecule is CC(C(=O)OC(C)(C)C)c1ccnn1C. The third-order valence-electron chi connectivity index (χ3n) is 2.06. The number of hydrogen-bond acceptors (Lipinski definition) is 3. The molecule has 0 aliphatic heterocycles. The molecule has 1 unspecified atom stereocenters. The van der Waals surface area contributed by atoms with Crippen LogP contribution in [0.4, 0.5) is 0 Å². The Morgan fingerprint density at radius 3 is 2.53 bits per heavy atom. The minimum absolute atomic E-state index is 0.217. The first-order chi connectivity index (χ1) is 6.81. The molecule has 0 saturated carbocycles. The minimum atomic E-state index is -0.441. The number of rotatable bonds is 2. The molecule has 1 aromatic heterocycles. The smallest absolute Gasteiger partial charge is 0.315 e. The van der Waals surface area contributed by atoms with Gasteiger partial charge >= 0.3 is 5.97 Å². The number of ether oxygens (including phenoxy) is 1. The van der Waals surface area contributed by atoms with Crippen LogP contribution in [0.5, 0.6) is 0 Å². The zero-order valence-corrected chi connectivity index (χ0v) is 9.94. The van der Waals surface area contributed by atoms with Crippen molar-refractivity contribution in [3.63, 3.8) is 0 Å². The zero-order valence-electron chi connectivity index (χ0n) is 9.94. The van der Waals surface area contributed by atoms with E-state index in [0.717, 1.165) is 5.69 Å². The molecule has 0 N–H and O–H groups in total. The van der Waals surface area contributed by atoms with E-state index in [1.54, 1.807) is 10.9 Å². The summed E-state index contributed by atoms with van der Waals surface area (Å²) in [5.74, 6) is -0.497. The van der Waals surface area contributed by atoms with Crippen LogP contribution < -0.4 is 0 Å². The largest absolute Gasteiger partial charge is 0.459 e. The molecule has 1 rings (SSSR count). The quantitative estimate of drug-likeness (QED) is 0.700. The van der Waals surface area contributed by atoms with Crippen molar-refractivity contribution in [1.82, 2.24) is 9.78 Å². The molecule has 0 aromatic carbocycles. The minimum Gasteiger partial charge on any atom is -0.459 e. The first-order valence-electron chi connectivity index (χ1n) is 5.02. The van der Waals surface area contributed by atoms with E-state index in [9.17, 15) is 4.79 Å². The number of carbonyl (C=O) groups is 1. The molecule has 0 aliphatic carbocycles. The number of carbonyl (C=O) groups excluding carboxylic acids is 1. The standard InChI is InChI=1S/C11H18N2O2/c1-8(9-6-7-12-13(9)5)10(14)15-11(2,3)4/h6-8H,1-5H3. The molecule has 1 atom stereocenters. The predicted octanol–water partition coefficient (Wildman–Crippen LogP) is 1.87. The molecule has 84 valence electrons. The Morgan fingerprint density at radius 1 is 1.53 bits per heavy atom. The fourth-order valence-electron chi connectivity index (χ4n) is 1.32. The van der Waals surface area contributed by atoms with E-state index in [1.807, 2.05) is 40.8 Å². The van der Waals surface area contributed by atoms with Gasteiger partial charge in [0, 0.05) is 13.2 Å². The highest BCUT2D eigenvalue weighted by Gasteiger charge is 2.24. The maximum Gasteiger partial charge on any atom is 0.315 e. The Kier molecular flexibility index (Phi) is 3.17. The normalized spacial score (nSPS) is 13.7. The number of aryl methyl sites for hydroxylation is 1. The lowest BCUT2D eigenvalue weighted by molar-refractivity contribution is -0.156. The van der Waals surface area contributed by atoms with Gasteiger partial charge in [-0.25, -0.2) is 0 Å². The van der Waals surface area contributed by atoms with Crippen molar-refractivity contribution in [3.05, 3.63) is 18.0 Å². The topological polar surface area (TPSA) is 44.1 Å². The lowest BCUT2D eigenvalue weighted by Crippen LogP contribution is -2.27. The van der Waals surface area contributed by atoms with Gasteiger partial charge in [-0.15, -0.1) is 0 Å². The molecule has 0 bridgehead atoms. The average molecular weight is 210 g/mol.